The standard InChI is InChI=1S/C12H18N4/c1-3-6-9(4-2)16-11-10(15-12(16)13)7-5-8-14-11/h5,7-9H,3-4,6H2,1-2H3,(H2,13,15). The topological polar surface area (TPSA) is 56.7 Å². The first-order valence-corrected chi connectivity index (χ1v) is 5.86. The van der Waals surface area contributed by atoms with Crippen LogP contribution in [0, 0.1) is 0 Å². The Morgan fingerprint density at radius 3 is 2.94 bits per heavy atom. The first-order chi connectivity index (χ1) is 7.77. The summed E-state index contributed by atoms with van der Waals surface area (Å²) in [7, 11) is 0. The molecule has 0 amide bonds. The monoisotopic (exact) mass is 218 g/mol. The number of pyridine rings is 1. The van der Waals surface area contributed by atoms with Gasteiger partial charge in [0.15, 0.2) is 5.65 Å². The first kappa shape index (κ1) is 10.9. The summed E-state index contributed by atoms with van der Waals surface area (Å²) in [6, 6.07) is 4.25. The molecule has 2 N–H and O–H groups in total. The van der Waals surface area contributed by atoms with Gasteiger partial charge in [0.1, 0.15) is 5.52 Å². The van der Waals surface area contributed by atoms with E-state index in [1.165, 1.54) is 0 Å². The van der Waals surface area contributed by atoms with Gasteiger partial charge in [-0.3, -0.25) is 4.57 Å². The molecule has 0 radical (unpaired) electrons. The number of aromatic nitrogens is 3. The Balaban J connectivity index is 2.53. The molecule has 0 saturated carbocycles. The van der Waals surface area contributed by atoms with Crippen LogP contribution in [0.25, 0.3) is 11.2 Å². The molecule has 2 heterocycles. The molecule has 0 aromatic carbocycles. The fraction of sp³-hybridized carbons (Fsp3) is 0.500. The lowest BCUT2D eigenvalue weighted by Gasteiger charge is -2.17. The number of nitrogens with two attached hydrogens (primary N) is 1. The van der Waals surface area contributed by atoms with Crippen LogP contribution >= 0.6 is 0 Å². The zero-order valence-electron chi connectivity index (χ0n) is 9.85. The Labute approximate surface area is 95.5 Å². The Hall–Kier alpha value is -1.58. The number of hydrogen-bond donors (Lipinski definition) is 1. The van der Waals surface area contributed by atoms with E-state index in [4.69, 9.17) is 5.73 Å². The molecule has 0 bridgehead atoms. The van der Waals surface area contributed by atoms with E-state index < -0.39 is 0 Å². The van der Waals surface area contributed by atoms with Crippen molar-refractivity contribution in [3.05, 3.63) is 18.3 Å². The summed E-state index contributed by atoms with van der Waals surface area (Å²) in [5.41, 5.74) is 7.76. The third-order valence-electron chi connectivity index (χ3n) is 2.93. The third kappa shape index (κ3) is 1.75. The Bertz CT molecular complexity index is 475. The van der Waals surface area contributed by atoms with Crippen LogP contribution in [-0.2, 0) is 0 Å². The lowest BCUT2D eigenvalue weighted by atomic mass is 10.1. The van der Waals surface area contributed by atoms with Gasteiger partial charge in [-0.1, -0.05) is 20.3 Å². The summed E-state index contributed by atoms with van der Waals surface area (Å²) in [4.78, 5) is 8.72. The van der Waals surface area contributed by atoms with Crippen molar-refractivity contribution in [2.24, 2.45) is 0 Å². The lowest BCUT2D eigenvalue weighted by Crippen LogP contribution is -2.11. The average Bonchev–Trinajstić information content (AvgIpc) is 2.62. The van der Waals surface area contributed by atoms with Gasteiger partial charge in [-0.25, -0.2) is 9.97 Å². The highest BCUT2D eigenvalue weighted by Gasteiger charge is 2.15. The van der Waals surface area contributed by atoms with Crippen LogP contribution in [0.5, 0.6) is 0 Å². The van der Waals surface area contributed by atoms with Gasteiger partial charge in [0.2, 0.25) is 5.95 Å². The molecule has 1 atom stereocenters. The summed E-state index contributed by atoms with van der Waals surface area (Å²) in [5, 5.41) is 0. The van der Waals surface area contributed by atoms with E-state index in [0.29, 0.717) is 12.0 Å². The maximum Gasteiger partial charge on any atom is 0.202 e. The predicted molar refractivity (Wildman–Crippen MR) is 66.2 cm³/mol. The minimum atomic E-state index is 0.407. The highest BCUT2D eigenvalue weighted by atomic mass is 15.2. The number of hydrogen-bond acceptors (Lipinski definition) is 3. The van der Waals surface area contributed by atoms with Gasteiger partial charge in [0, 0.05) is 12.2 Å². The lowest BCUT2D eigenvalue weighted by molar-refractivity contribution is 0.461. The first-order valence-electron chi connectivity index (χ1n) is 5.86. The van der Waals surface area contributed by atoms with Crippen molar-refractivity contribution in [3.63, 3.8) is 0 Å². The van der Waals surface area contributed by atoms with Gasteiger partial charge in [-0.05, 0) is 25.0 Å². The smallest absolute Gasteiger partial charge is 0.202 e. The second kappa shape index (κ2) is 4.51. The number of anilines is 1. The molecule has 2 aromatic rings. The van der Waals surface area contributed by atoms with Gasteiger partial charge in [0.05, 0.1) is 0 Å². The van der Waals surface area contributed by atoms with Crippen LogP contribution < -0.4 is 5.73 Å². The molecular formula is C12H18N4. The second-order valence-corrected chi connectivity index (χ2v) is 4.04. The van der Waals surface area contributed by atoms with Crippen LogP contribution in [0.2, 0.25) is 0 Å². The van der Waals surface area contributed by atoms with Gasteiger partial charge in [-0.15, -0.1) is 0 Å². The molecule has 86 valence electrons. The summed E-state index contributed by atoms with van der Waals surface area (Å²) >= 11 is 0. The van der Waals surface area contributed by atoms with Gasteiger partial charge in [0.25, 0.3) is 0 Å². The zero-order valence-corrected chi connectivity index (χ0v) is 9.85. The van der Waals surface area contributed by atoms with Crippen molar-refractivity contribution >= 4 is 17.1 Å². The number of nitrogen functional groups attached to an aromatic ring is 1. The summed E-state index contributed by atoms with van der Waals surface area (Å²) in [6.45, 7) is 4.36. The molecule has 0 aliphatic rings. The normalized spacial score (nSPS) is 13.1. The summed E-state index contributed by atoms with van der Waals surface area (Å²) < 4.78 is 2.07. The summed E-state index contributed by atoms with van der Waals surface area (Å²) in [6.07, 6.45) is 5.10. The van der Waals surface area contributed by atoms with Crippen molar-refractivity contribution in [1.29, 1.82) is 0 Å². The molecule has 4 nitrogen and oxygen atoms in total. The molecule has 16 heavy (non-hydrogen) atoms. The van der Waals surface area contributed by atoms with Crippen molar-refractivity contribution < 1.29 is 0 Å². The fourth-order valence-electron chi connectivity index (χ4n) is 2.16. The van der Waals surface area contributed by atoms with Crippen molar-refractivity contribution in [3.8, 4) is 0 Å². The average molecular weight is 218 g/mol. The van der Waals surface area contributed by atoms with E-state index in [2.05, 4.69) is 28.4 Å². The van der Waals surface area contributed by atoms with Crippen molar-refractivity contribution in [2.45, 2.75) is 39.2 Å². The Kier molecular flexibility index (Phi) is 3.08. The number of nitrogens with zero attached hydrogens (tertiary/aromatic N) is 3. The van der Waals surface area contributed by atoms with Crippen molar-refractivity contribution in [2.75, 3.05) is 5.73 Å². The molecule has 2 rings (SSSR count). The van der Waals surface area contributed by atoms with E-state index in [1.54, 1.807) is 6.20 Å². The van der Waals surface area contributed by atoms with Crippen LogP contribution in [0.4, 0.5) is 5.95 Å². The predicted octanol–water partition coefficient (Wildman–Crippen LogP) is 2.76. The number of imidazole rings is 1. The molecular weight excluding hydrogens is 200 g/mol. The van der Waals surface area contributed by atoms with E-state index in [1.807, 2.05) is 12.1 Å². The van der Waals surface area contributed by atoms with Gasteiger partial charge in [-0.2, -0.15) is 0 Å². The maximum absolute atomic E-state index is 5.97. The van der Waals surface area contributed by atoms with Crippen LogP contribution in [0.3, 0.4) is 0 Å². The van der Waals surface area contributed by atoms with Crippen LogP contribution in [0.15, 0.2) is 18.3 Å². The van der Waals surface area contributed by atoms with E-state index in [0.717, 1.165) is 30.4 Å². The highest BCUT2D eigenvalue weighted by Crippen LogP contribution is 2.26. The molecule has 0 aliphatic heterocycles. The molecule has 0 saturated heterocycles. The highest BCUT2D eigenvalue weighted by molar-refractivity contribution is 5.73. The maximum atomic E-state index is 5.97. The molecule has 0 aliphatic carbocycles. The van der Waals surface area contributed by atoms with Crippen LogP contribution in [-0.4, -0.2) is 14.5 Å². The Morgan fingerprint density at radius 2 is 2.25 bits per heavy atom. The largest absolute Gasteiger partial charge is 0.369 e. The van der Waals surface area contributed by atoms with Gasteiger partial charge < -0.3 is 5.73 Å². The SMILES string of the molecule is CCCC(CC)n1c(N)nc2cccnc21. The molecule has 1 unspecified atom stereocenters. The van der Waals surface area contributed by atoms with Crippen LogP contribution in [0.1, 0.15) is 39.2 Å². The quantitative estimate of drug-likeness (QED) is 0.858. The molecule has 4 heteroatoms. The minimum Gasteiger partial charge on any atom is -0.369 e. The van der Waals surface area contributed by atoms with E-state index in [9.17, 15) is 0 Å². The summed E-state index contributed by atoms with van der Waals surface area (Å²) in [5.74, 6) is 0.578. The minimum absolute atomic E-state index is 0.407. The number of fused-ring (bicyclic) bond motifs is 1. The van der Waals surface area contributed by atoms with E-state index in [-0.39, 0.29) is 0 Å². The zero-order chi connectivity index (χ0) is 11.5. The fourth-order valence-corrected chi connectivity index (χ4v) is 2.16. The van der Waals surface area contributed by atoms with Gasteiger partial charge >= 0.3 is 0 Å². The Morgan fingerprint density at radius 1 is 1.44 bits per heavy atom. The third-order valence-corrected chi connectivity index (χ3v) is 2.93. The van der Waals surface area contributed by atoms with Crippen molar-refractivity contribution in [1.82, 2.24) is 14.5 Å². The van der Waals surface area contributed by atoms with E-state index >= 15 is 0 Å². The molecule has 0 fully saturated rings. The molecule has 0 spiro atoms. The second-order valence-electron chi connectivity index (χ2n) is 4.04. The molecule has 2 aromatic heterocycles. The number of rotatable bonds is 4.